The van der Waals surface area contributed by atoms with E-state index in [1.54, 1.807) is 0 Å². The molecule has 0 N–H and O–H groups in total. The SMILES string of the molecule is CC=CB1OBOBO1. The topological polar surface area (TPSA) is 27.7 Å². The van der Waals surface area contributed by atoms with E-state index < -0.39 is 0 Å². The van der Waals surface area contributed by atoms with Gasteiger partial charge in [-0.1, -0.05) is 12.1 Å². The van der Waals surface area contributed by atoms with Crippen LogP contribution in [-0.4, -0.2) is 22.5 Å². The zero-order valence-corrected chi connectivity index (χ0v) is 5.37. The summed E-state index contributed by atoms with van der Waals surface area (Å²) < 4.78 is 14.7. The number of allylic oxidation sites excluding steroid dienone is 1. The Balaban J connectivity index is 2.23. The highest BCUT2D eigenvalue weighted by Gasteiger charge is 2.19. The van der Waals surface area contributed by atoms with Gasteiger partial charge in [-0.25, -0.2) is 0 Å². The van der Waals surface area contributed by atoms with E-state index in [1.807, 2.05) is 19.0 Å². The summed E-state index contributed by atoms with van der Waals surface area (Å²) in [6.45, 7) is 1.92. The molecule has 1 saturated heterocycles. The molecule has 0 aliphatic carbocycles. The predicted octanol–water partition coefficient (Wildman–Crippen LogP) is -0.814. The quantitative estimate of drug-likeness (QED) is 0.427. The first-order chi connectivity index (χ1) is 4.43. The third kappa shape index (κ3) is 2.26. The van der Waals surface area contributed by atoms with Crippen molar-refractivity contribution in [2.75, 3.05) is 0 Å². The average molecular weight is 124 g/mol. The average Bonchev–Trinajstić information content (AvgIpc) is 1.91. The molecular formula is C3H7B3O3. The van der Waals surface area contributed by atoms with E-state index in [4.69, 9.17) is 13.7 Å². The summed E-state index contributed by atoms with van der Waals surface area (Å²) in [4.78, 5) is 0. The lowest BCUT2D eigenvalue weighted by Crippen LogP contribution is -2.33. The van der Waals surface area contributed by atoms with Gasteiger partial charge in [0.2, 0.25) is 0 Å². The molecule has 0 radical (unpaired) electrons. The first-order valence-corrected chi connectivity index (χ1v) is 2.87. The van der Waals surface area contributed by atoms with E-state index in [0.717, 1.165) is 0 Å². The molecule has 1 aliphatic heterocycles. The van der Waals surface area contributed by atoms with Crippen molar-refractivity contribution in [3.63, 3.8) is 0 Å². The van der Waals surface area contributed by atoms with Crippen LogP contribution in [0.25, 0.3) is 0 Å². The van der Waals surface area contributed by atoms with E-state index in [9.17, 15) is 0 Å². The summed E-state index contributed by atoms with van der Waals surface area (Å²) in [5.41, 5.74) is 0. The summed E-state index contributed by atoms with van der Waals surface area (Å²) >= 11 is 0. The Bertz CT molecular complexity index is 100. The minimum Gasteiger partial charge on any atom is -0.458 e. The van der Waals surface area contributed by atoms with Gasteiger partial charge in [0, 0.05) is 0 Å². The van der Waals surface area contributed by atoms with Crippen LogP contribution in [0.2, 0.25) is 0 Å². The first kappa shape index (κ1) is 6.93. The van der Waals surface area contributed by atoms with Gasteiger partial charge in [-0.2, -0.15) is 0 Å². The molecule has 46 valence electrons. The molecular weight excluding hydrogens is 116 g/mol. The third-order valence-electron chi connectivity index (χ3n) is 0.981. The van der Waals surface area contributed by atoms with Crippen LogP contribution in [0.1, 0.15) is 6.92 Å². The molecule has 0 spiro atoms. The highest BCUT2D eigenvalue weighted by atomic mass is 16.7. The molecule has 1 heterocycles. The highest BCUT2D eigenvalue weighted by molar-refractivity contribution is 6.64. The Morgan fingerprint density at radius 3 is 2.56 bits per heavy atom. The van der Waals surface area contributed by atoms with E-state index in [1.165, 1.54) is 0 Å². The van der Waals surface area contributed by atoms with Crippen molar-refractivity contribution in [3.8, 4) is 0 Å². The molecule has 0 aromatic heterocycles. The normalized spacial score (nSPS) is 19.4. The Morgan fingerprint density at radius 2 is 2.00 bits per heavy atom. The fourth-order valence-electron chi connectivity index (χ4n) is 0.581. The second-order valence-electron chi connectivity index (χ2n) is 1.67. The summed E-state index contributed by atoms with van der Waals surface area (Å²) in [6, 6.07) is 0. The maximum atomic E-state index is 4.99. The molecule has 0 saturated carbocycles. The fourth-order valence-corrected chi connectivity index (χ4v) is 0.581. The summed E-state index contributed by atoms with van der Waals surface area (Å²) in [5, 5.41) is 0. The molecule has 1 rings (SSSR count). The molecule has 0 aromatic carbocycles. The maximum absolute atomic E-state index is 4.99. The molecule has 0 unspecified atom stereocenters. The number of rotatable bonds is 1. The van der Waals surface area contributed by atoms with E-state index in [2.05, 4.69) is 0 Å². The molecule has 0 atom stereocenters. The monoisotopic (exact) mass is 124 g/mol. The van der Waals surface area contributed by atoms with Crippen molar-refractivity contribution < 1.29 is 13.7 Å². The Kier molecular flexibility index (Phi) is 2.90. The van der Waals surface area contributed by atoms with Crippen molar-refractivity contribution in [1.82, 2.24) is 0 Å². The van der Waals surface area contributed by atoms with Crippen molar-refractivity contribution in [2.45, 2.75) is 6.92 Å². The van der Waals surface area contributed by atoms with Crippen LogP contribution in [0.15, 0.2) is 12.1 Å². The van der Waals surface area contributed by atoms with Gasteiger partial charge < -0.3 is 13.7 Å². The van der Waals surface area contributed by atoms with Gasteiger partial charge >= 0.3 is 22.5 Å². The van der Waals surface area contributed by atoms with Gasteiger partial charge in [0.1, 0.15) is 0 Å². The van der Waals surface area contributed by atoms with Crippen LogP contribution in [0.5, 0.6) is 0 Å². The fraction of sp³-hybridized carbons (Fsp3) is 0.333. The van der Waals surface area contributed by atoms with Crippen LogP contribution in [0.4, 0.5) is 0 Å². The van der Waals surface area contributed by atoms with Crippen LogP contribution in [0, 0.1) is 0 Å². The molecule has 9 heavy (non-hydrogen) atoms. The zero-order chi connectivity index (χ0) is 6.53. The molecule has 0 aromatic rings. The van der Waals surface area contributed by atoms with Crippen LogP contribution >= 0.6 is 0 Å². The second-order valence-corrected chi connectivity index (χ2v) is 1.67. The van der Waals surface area contributed by atoms with Gasteiger partial charge in [0.15, 0.2) is 0 Å². The Morgan fingerprint density at radius 1 is 1.33 bits per heavy atom. The van der Waals surface area contributed by atoms with E-state index in [-0.39, 0.29) is 7.12 Å². The molecule has 0 amide bonds. The van der Waals surface area contributed by atoms with Crippen LogP contribution < -0.4 is 0 Å². The van der Waals surface area contributed by atoms with Crippen molar-refractivity contribution in [3.05, 3.63) is 12.1 Å². The smallest absolute Gasteiger partial charge is 0.457 e. The first-order valence-electron chi connectivity index (χ1n) is 2.87. The van der Waals surface area contributed by atoms with Gasteiger partial charge in [0.05, 0.1) is 0 Å². The molecule has 0 bridgehead atoms. The second kappa shape index (κ2) is 3.77. The Hall–Kier alpha value is -0.185. The number of hydrogen-bond donors (Lipinski definition) is 0. The van der Waals surface area contributed by atoms with Gasteiger partial charge in [0.25, 0.3) is 0 Å². The van der Waals surface area contributed by atoms with Crippen LogP contribution in [0.3, 0.4) is 0 Å². The van der Waals surface area contributed by atoms with E-state index >= 15 is 0 Å². The Labute approximate surface area is 56.1 Å². The highest BCUT2D eigenvalue weighted by Crippen LogP contribution is 1.95. The minimum atomic E-state index is -0.205. The molecule has 1 fully saturated rings. The standard InChI is InChI=1S/C3H7B3O3/c1-2-3-6-8-4-7-5-9-6/h2-5H,1H3. The lowest BCUT2D eigenvalue weighted by molar-refractivity contribution is 0.333. The summed E-state index contributed by atoms with van der Waals surface area (Å²) in [5.74, 6) is 1.84. The van der Waals surface area contributed by atoms with E-state index in [0.29, 0.717) is 15.4 Å². The summed E-state index contributed by atoms with van der Waals surface area (Å²) in [7, 11) is 0.452. The van der Waals surface area contributed by atoms with Crippen molar-refractivity contribution in [2.24, 2.45) is 0 Å². The minimum absolute atomic E-state index is 0.205. The van der Waals surface area contributed by atoms with Gasteiger partial charge in [-0.15, -0.1) is 0 Å². The van der Waals surface area contributed by atoms with Crippen LogP contribution in [-0.2, 0) is 13.7 Å². The van der Waals surface area contributed by atoms with Crippen molar-refractivity contribution in [1.29, 1.82) is 0 Å². The third-order valence-corrected chi connectivity index (χ3v) is 0.981. The lowest BCUT2D eigenvalue weighted by atomic mass is 9.84. The predicted molar refractivity (Wildman–Crippen MR) is 38.1 cm³/mol. The van der Waals surface area contributed by atoms with Crippen molar-refractivity contribution >= 4 is 22.5 Å². The molecule has 1 aliphatic rings. The number of hydrogen-bond acceptors (Lipinski definition) is 3. The van der Waals surface area contributed by atoms with Gasteiger partial charge in [-0.3, -0.25) is 0 Å². The zero-order valence-electron chi connectivity index (χ0n) is 5.37. The largest absolute Gasteiger partial charge is 0.458 e. The lowest BCUT2D eigenvalue weighted by Gasteiger charge is -2.15. The van der Waals surface area contributed by atoms with Gasteiger partial charge in [-0.05, 0) is 6.92 Å². The maximum Gasteiger partial charge on any atom is 0.457 e. The summed E-state index contributed by atoms with van der Waals surface area (Å²) in [6.07, 6.45) is 1.88. The molecule has 3 nitrogen and oxygen atoms in total. The molecule has 6 heteroatoms.